The molecule has 0 aliphatic carbocycles. The van der Waals surface area contributed by atoms with E-state index in [1.807, 2.05) is 25.1 Å². The fraction of sp³-hybridized carbons (Fsp3) is 0.250. The molecule has 0 aliphatic rings. The van der Waals surface area contributed by atoms with E-state index < -0.39 is 0 Å². The maximum absolute atomic E-state index is 5.29. The van der Waals surface area contributed by atoms with Gasteiger partial charge < -0.3 is 4.74 Å². The molecule has 0 saturated heterocycles. The lowest BCUT2D eigenvalue weighted by atomic mass is 10.3. The van der Waals surface area contributed by atoms with Gasteiger partial charge >= 0.3 is 0 Å². The fourth-order valence-electron chi connectivity index (χ4n) is 0.798. The molecule has 0 unspecified atom stereocenters. The third kappa shape index (κ3) is 2.75. The van der Waals surface area contributed by atoms with Crippen LogP contribution in [0.15, 0.2) is 27.6 Å². The molecule has 0 spiro atoms. The third-order valence-electron chi connectivity index (χ3n) is 1.17. The summed E-state index contributed by atoms with van der Waals surface area (Å²) in [5.41, 5.74) is 0. The summed E-state index contributed by atoms with van der Waals surface area (Å²) in [6, 6.07) is 5.73. The van der Waals surface area contributed by atoms with Gasteiger partial charge in [-0.3, -0.25) is 0 Å². The minimum absolute atomic E-state index is 0.684. The van der Waals surface area contributed by atoms with E-state index in [0.29, 0.717) is 6.61 Å². The predicted octanol–water partition coefficient (Wildman–Crippen LogP) is 3.14. The first-order valence-corrected chi connectivity index (χ1v) is 4.58. The quantitative estimate of drug-likeness (QED) is 0.772. The minimum atomic E-state index is 0.684. The van der Waals surface area contributed by atoms with Crippen molar-refractivity contribution in [3.63, 3.8) is 0 Å². The van der Waals surface area contributed by atoms with Crippen LogP contribution in [0, 0.1) is 0 Å². The Hall–Kier alpha value is -0.150. The largest absolute Gasteiger partial charge is 0.494 e. The van der Waals surface area contributed by atoms with Gasteiger partial charge in [0.25, 0.3) is 0 Å². The second-order valence-corrected chi connectivity index (χ2v) is 3.51. The van der Waals surface area contributed by atoms with Gasteiger partial charge in [0.15, 0.2) is 0 Å². The number of hydrogen-bond acceptors (Lipinski definition) is 2. The smallest absolute Gasteiger partial charge is 0.121 e. The van der Waals surface area contributed by atoms with Crippen LogP contribution in [0.4, 0.5) is 0 Å². The van der Waals surface area contributed by atoms with Crippen LogP contribution < -0.4 is 4.74 Å². The summed E-state index contributed by atoms with van der Waals surface area (Å²) in [6.45, 7) is 2.64. The molecule has 1 nitrogen and oxygen atoms in total. The van der Waals surface area contributed by atoms with E-state index in [4.69, 9.17) is 4.74 Å². The number of rotatable bonds is 2. The van der Waals surface area contributed by atoms with Gasteiger partial charge in [-0.1, -0.05) is 15.9 Å². The van der Waals surface area contributed by atoms with Gasteiger partial charge in [0.05, 0.1) is 6.61 Å². The van der Waals surface area contributed by atoms with Crippen molar-refractivity contribution >= 4 is 28.6 Å². The standard InChI is InChI=1S/C8H9BrOS/c1-2-10-7-3-6(9)4-8(11)5-7/h3-5,11H,2H2,1H3. The Morgan fingerprint density at radius 2 is 2.18 bits per heavy atom. The van der Waals surface area contributed by atoms with Crippen LogP contribution in [0.5, 0.6) is 5.75 Å². The summed E-state index contributed by atoms with van der Waals surface area (Å²) < 4.78 is 6.28. The highest BCUT2D eigenvalue weighted by molar-refractivity contribution is 9.10. The van der Waals surface area contributed by atoms with Crippen LogP contribution in [0.1, 0.15) is 6.92 Å². The zero-order valence-corrected chi connectivity index (χ0v) is 8.65. The summed E-state index contributed by atoms with van der Waals surface area (Å²) in [7, 11) is 0. The highest BCUT2D eigenvalue weighted by atomic mass is 79.9. The molecule has 1 aromatic rings. The minimum Gasteiger partial charge on any atom is -0.494 e. The van der Waals surface area contributed by atoms with Crippen molar-refractivity contribution < 1.29 is 4.74 Å². The summed E-state index contributed by atoms with van der Waals surface area (Å²) in [5, 5.41) is 0. The number of thiol groups is 1. The van der Waals surface area contributed by atoms with Crippen LogP contribution >= 0.6 is 28.6 Å². The molecule has 11 heavy (non-hydrogen) atoms. The van der Waals surface area contributed by atoms with Gasteiger partial charge in [0, 0.05) is 9.37 Å². The van der Waals surface area contributed by atoms with Crippen LogP contribution in [-0.4, -0.2) is 6.61 Å². The third-order valence-corrected chi connectivity index (χ3v) is 1.88. The van der Waals surface area contributed by atoms with Crippen LogP contribution in [0.25, 0.3) is 0 Å². The van der Waals surface area contributed by atoms with Crippen LogP contribution in [-0.2, 0) is 0 Å². The van der Waals surface area contributed by atoms with Crippen LogP contribution in [0.2, 0.25) is 0 Å². The Balaban J connectivity index is 2.89. The molecule has 1 aromatic carbocycles. The van der Waals surface area contributed by atoms with E-state index in [1.54, 1.807) is 0 Å². The molecule has 0 amide bonds. The van der Waals surface area contributed by atoms with E-state index in [1.165, 1.54) is 0 Å². The highest BCUT2D eigenvalue weighted by Gasteiger charge is 1.95. The van der Waals surface area contributed by atoms with E-state index in [9.17, 15) is 0 Å². The van der Waals surface area contributed by atoms with Gasteiger partial charge in [0.1, 0.15) is 5.75 Å². The van der Waals surface area contributed by atoms with Gasteiger partial charge in [0.2, 0.25) is 0 Å². The zero-order valence-electron chi connectivity index (χ0n) is 6.17. The van der Waals surface area contributed by atoms with Crippen molar-refractivity contribution in [2.75, 3.05) is 6.61 Å². The summed E-state index contributed by atoms with van der Waals surface area (Å²) in [6.07, 6.45) is 0. The Morgan fingerprint density at radius 1 is 1.45 bits per heavy atom. The van der Waals surface area contributed by atoms with Crippen molar-refractivity contribution in [2.24, 2.45) is 0 Å². The van der Waals surface area contributed by atoms with Crippen molar-refractivity contribution in [3.8, 4) is 5.75 Å². The van der Waals surface area contributed by atoms with Crippen molar-refractivity contribution in [1.29, 1.82) is 0 Å². The second kappa shape index (κ2) is 4.02. The molecule has 0 heterocycles. The summed E-state index contributed by atoms with van der Waals surface area (Å²) in [4.78, 5) is 0.905. The molecular formula is C8H9BrOS. The van der Waals surface area contributed by atoms with E-state index in [2.05, 4.69) is 28.6 Å². The second-order valence-electron chi connectivity index (χ2n) is 2.08. The Morgan fingerprint density at radius 3 is 2.73 bits per heavy atom. The number of benzene rings is 1. The lowest BCUT2D eigenvalue weighted by Crippen LogP contribution is -1.90. The first-order chi connectivity index (χ1) is 5.22. The number of hydrogen-bond donors (Lipinski definition) is 1. The van der Waals surface area contributed by atoms with Crippen molar-refractivity contribution in [2.45, 2.75) is 11.8 Å². The van der Waals surface area contributed by atoms with Crippen molar-refractivity contribution in [1.82, 2.24) is 0 Å². The lowest BCUT2D eigenvalue weighted by Gasteiger charge is -2.03. The zero-order chi connectivity index (χ0) is 8.27. The molecule has 0 bridgehead atoms. The molecule has 60 valence electrons. The van der Waals surface area contributed by atoms with E-state index >= 15 is 0 Å². The van der Waals surface area contributed by atoms with Crippen LogP contribution in [0.3, 0.4) is 0 Å². The monoisotopic (exact) mass is 232 g/mol. The van der Waals surface area contributed by atoms with Gasteiger partial charge in [-0.15, -0.1) is 12.6 Å². The molecule has 3 heteroatoms. The molecule has 1 rings (SSSR count). The maximum Gasteiger partial charge on any atom is 0.121 e. The first-order valence-electron chi connectivity index (χ1n) is 3.34. The normalized spacial score (nSPS) is 9.73. The Labute approximate surface area is 80.3 Å². The fourth-order valence-corrected chi connectivity index (χ4v) is 1.71. The number of ether oxygens (including phenoxy) is 1. The molecular weight excluding hydrogens is 224 g/mol. The molecule has 0 fully saturated rings. The van der Waals surface area contributed by atoms with Gasteiger partial charge in [-0.05, 0) is 25.1 Å². The summed E-state index contributed by atoms with van der Waals surface area (Å²) >= 11 is 7.56. The molecule has 0 radical (unpaired) electrons. The average molecular weight is 233 g/mol. The van der Waals surface area contributed by atoms with Gasteiger partial charge in [-0.25, -0.2) is 0 Å². The average Bonchev–Trinajstić information content (AvgIpc) is 1.85. The van der Waals surface area contributed by atoms with E-state index in [-0.39, 0.29) is 0 Å². The lowest BCUT2D eigenvalue weighted by molar-refractivity contribution is 0.339. The molecule has 0 N–H and O–H groups in total. The first kappa shape index (κ1) is 8.94. The van der Waals surface area contributed by atoms with Gasteiger partial charge in [-0.2, -0.15) is 0 Å². The SMILES string of the molecule is CCOc1cc(S)cc(Br)c1. The highest BCUT2D eigenvalue weighted by Crippen LogP contribution is 2.23. The molecule has 0 aromatic heterocycles. The van der Waals surface area contributed by atoms with E-state index in [0.717, 1.165) is 15.1 Å². The topological polar surface area (TPSA) is 9.23 Å². The maximum atomic E-state index is 5.29. The predicted molar refractivity (Wildman–Crippen MR) is 52.6 cm³/mol. The molecule has 0 aliphatic heterocycles. The summed E-state index contributed by atoms with van der Waals surface area (Å²) in [5.74, 6) is 0.854. The Kier molecular flexibility index (Phi) is 3.27. The molecule has 0 saturated carbocycles. The Bertz CT molecular complexity index is 230. The number of halogens is 1. The molecule has 0 atom stereocenters. The van der Waals surface area contributed by atoms with Crippen molar-refractivity contribution in [3.05, 3.63) is 22.7 Å².